The van der Waals surface area contributed by atoms with Gasteiger partial charge in [-0.15, -0.1) is 24.0 Å². The molecule has 1 aromatic carbocycles. The third-order valence-electron chi connectivity index (χ3n) is 3.20. The summed E-state index contributed by atoms with van der Waals surface area (Å²) in [7, 11) is 3.26. The van der Waals surface area contributed by atoms with Crippen LogP contribution in [0.25, 0.3) is 0 Å². The number of halogens is 1. The summed E-state index contributed by atoms with van der Waals surface area (Å²) in [4.78, 5) is 4.59. The van der Waals surface area contributed by atoms with E-state index in [2.05, 4.69) is 22.5 Å². The first-order valence-corrected chi connectivity index (χ1v) is 7.04. The van der Waals surface area contributed by atoms with Gasteiger partial charge in [-0.2, -0.15) is 0 Å². The Balaban J connectivity index is 0.00000220. The molecule has 0 heterocycles. The van der Waals surface area contributed by atoms with E-state index in [0.717, 1.165) is 36.4 Å². The van der Waals surface area contributed by atoms with Gasteiger partial charge < -0.3 is 20.1 Å². The van der Waals surface area contributed by atoms with E-state index in [1.807, 2.05) is 18.2 Å². The zero-order chi connectivity index (χ0) is 14.4. The first-order chi connectivity index (χ1) is 9.76. The molecule has 0 aliphatic heterocycles. The minimum atomic E-state index is 0. The molecule has 5 nitrogen and oxygen atoms in total. The first kappa shape index (κ1) is 17.9. The lowest BCUT2D eigenvalue weighted by Gasteiger charge is -2.13. The Labute approximate surface area is 143 Å². The van der Waals surface area contributed by atoms with Crippen LogP contribution in [0.2, 0.25) is 0 Å². The quantitative estimate of drug-likeness (QED) is 0.434. The number of benzene rings is 1. The molecule has 2 N–H and O–H groups in total. The van der Waals surface area contributed by atoms with Crippen molar-refractivity contribution in [3.8, 4) is 11.5 Å². The molecule has 21 heavy (non-hydrogen) atoms. The standard InChI is InChI=1S/C15H23N3O2.HI/c1-4-16-15(17-10-11-5-6-11)18-12-7-8-13(19-2)14(9-12)20-3;/h7-9,11H,4-6,10H2,1-3H3,(H2,16,17,18);1H. The topological polar surface area (TPSA) is 54.9 Å². The average Bonchev–Trinajstić information content (AvgIpc) is 3.29. The summed E-state index contributed by atoms with van der Waals surface area (Å²) in [5, 5.41) is 6.54. The number of anilines is 1. The highest BCUT2D eigenvalue weighted by Gasteiger charge is 2.20. The molecule has 1 aromatic rings. The van der Waals surface area contributed by atoms with Crippen molar-refractivity contribution in [3.63, 3.8) is 0 Å². The van der Waals surface area contributed by atoms with Gasteiger partial charge in [0.2, 0.25) is 0 Å². The molecular formula is C15H24IN3O2. The number of ether oxygens (including phenoxy) is 2. The molecule has 1 saturated carbocycles. The van der Waals surface area contributed by atoms with Crippen LogP contribution in [0, 0.1) is 5.92 Å². The van der Waals surface area contributed by atoms with Gasteiger partial charge in [0.1, 0.15) is 0 Å². The molecule has 1 aliphatic rings. The molecular weight excluding hydrogens is 381 g/mol. The maximum absolute atomic E-state index is 5.30. The second-order valence-corrected chi connectivity index (χ2v) is 4.86. The van der Waals surface area contributed by atoms with Gasteiger partial charge in [0, 0.05) is 24.8 Å². The molecule has 0 spiro atoms. The Morgan fingerprint density at radius 3 is 2.52 bits per heavy atom. The van der Waals surface area contributed by atoms with Crippen molar-refractivity contribution >= 4 is 35.6 Å². The lowest BCUT2D eigenvalue weighted by molar-refractivity contribution is 0.355. The van der Waals surface area contributed by atoms with Crippen LogP contribution in [-0.2, 0) is 0 Å². The smallest absolute Gasteiger partial charge is 0.195 e. The molecule has 0 saturated heterocycles. The maximum atomic E-state index is 5.30. The highest BCUT2D eigenvalue weighted by atomic mass is 127. The van der Waals surface area contributed by atoms with E-state index in [9.17, 15) is 0 Å². The molecule has 1 fully saturated rings. The summed E-state index contributed by atoms with van der Waals surface area (Å²) >= 11 is 0. The zero-order valence-corrected chi connectivity index (χ0v) is 15.1. The molecule has 0 amide bonds. The van der Waals surface area contributed by atoms with E-state index in [1.54, 1.807) is 14.2 Å². The summed E-state index contributed by atoms with van der Waals surface area (Å²) in [5.41, 5.74) is 0.929. The van der Waals surface area contributed by atoms with E-state index in [4.69, 9.17) is 9.47 Å². The van der Waals surface area contributed by atoms with E-state index >= 15 is 0 Å². The largest absolute Gasteiger partial charge is 0.493 e. The Morgan fingerprint density at radius 1 is 1.24 bits per heavy atom. The SMILES string of the molecule is CCNC(=NCC1CC1)Nc1ccc(OC)c(OC)c1.I. The van der Waals surface area contributed by atoms with E-state index < -0.39 is 0 Å². The molecule has 0 bridgehead atoms. The van der Waals surface area contributed by atoms with Crippen LogP contribution in [0.1, 0.15) is 19.8 Å². The van der Waals surface area contributed by atoms with Crippen LogP contribution < -0.4 is 20.1 Å². The summed E-state index contributed by atoms with van der Waals surface area (Å²) in [6.45, 7) is 3.79. The summed E-state index contributed by atoms with van der Waals surface area (Å²) < 4.78 is 10.5. The van der Waals surface area contributed by atoms with E-state index in [0.29, 0.717) is 5.75 Å². The molecule has 0 radical (unpaired) electrons. The summed E-state index contributed by atoms with van der Waals surface area (Å²) in [5.74, 6) is 3.01. The number of guanidine groups is 1. The lowest BCUT2D eigenvalue weighted by Crippen LogP contribution is -2.30. The normalized spacial score (nSPS) is 14.1. The Bertz CT molecular complexity index is 476. The van der Waals surface area contributed by atoms with Gasteiger partial charge in [-0.3, -0.25) is 4.99 Å². The second kappa shape index (κ2) is 8.96. The fourth-order valence-corrected chi connectivity index (χ4v) is 1.88. The molecule has 6 heteroatoms. The van der Waals surface area contributed by atoms with Crippen molar-refractivity contribution in [3.05, 3.63) is 18.2 Å². The van der Waals surface area contributed by atoms with Crippen LogP contribution >= 0.6 is 24.0 Å². The van der Waals surface area contributed by atoms with Gasteiger partial charge in [0.15, 0.2) is 17.5 Å². The second-order valence-electron chi connectivity index (χ2n) is 4.86. The summed E-state index contributed by atoms with van der Waals surface area (Å²) in [6.07, 6.45) is 2.61. The molecule has 118 valence electrons. The number of aliphatic imine (C=N–C) groups is 1. The molecule has 0 unspecified atom stereocenters. The van der Waals surface area contributed by atoms with Crippen molar-refractivity contribution in [2.24, 2.45) is 10.9 Å². The fourth-order valence-electron chi connectivity index (χ4n) is 1.88. The fraction of sp³-hybridized carbons (Fsp3) is 0.533. The van der Waals surface area contributed by atoms with Crippen LogP contribution in [0.3, 0.4) is 0 Å². The Morgan fingerprint density at radius 2 is 1.95 bits per heavy atom. The van der Waals surface area contributed by atoms with Gasteiger partial charge in [-0.1, -0.05) is 0 Å². The number of hydrogen-bond donors (Lipinski definition) is 2. The highest BCUT2D eigenvalue weighted by molar-refractivity contribution is 14.0. The number of nitrogens with zero attached hydrogens (tertiary/aromatic N) is 1. The minimum absolute atomic E-state index is 0. The number of rotatable bonds is 6. The number of nitrogens with one attached hydrogen (secondary N) is 2. The first-order valence-electron chi connectivity index (χ1n) is 7.04. The van der Waals surface area contributed by atoms with E-state index in [1.165, 1.54) is 12.8 Å². The van der Waals surface area contributed by atoms with Crippen molar-refractivity contribution in [2.75, 3.05) is 32.6 Å². The van der Waals surface area contributed by atoms with Gasteiger partial charge in [0.05, 0.1) is 14.2 Å². The Hall–Kier alpha value is -1.18. The van der Waals surface area contributed by atoms with Crippen molar-refractivity contribution in [1.82, 2.24) is 5.32 Å². The zero-order valence-electron chi connectivity index (χ0n) is 12.8. The van der Waals surface area contributed by atoms with Crippen LogP contribution in [0.15, 0.2) is 23.2 Å². The molecule has 2 rings (SSSR count). The molecule has 0 aromatic heterocycles. The third-order valence-corrected chi connectivity index (χ3v) is 3.20. The van der Waals surface area contributed by atoms with Crippen molar-refractivity contribution in [2.45, 2.75) is 19.8 Å². The van der Waals surface area contributed by atoms with Gasteiger partial charge in [0.25, 0.3) is 0 Å². The Kier molecular flexibility index (Phi) is 7.63. The predicted molar refractivity (Wildman–Crippen MR) is 97.3 cm³/mol. The van der Waals surface area contributed by atoms with Crippen molar-refractivity contribution < 1.29 is 9.47 Å². The number of methoxy groups -OCH3 is 2. The predicted octanol–water partition coefficient (Wildman–Crippen LogP) is 3.11. The summed E-state index contributed by atoms with van der Waals surface area (Å²) in [6, 6.07) is 5.74. The highest BCUT2D eigenvalue weighted by Crippen LogP contribution is 2.30. The van der Waals surface area contributed by atoms with Gasteiger partial charge in [-0.25, -0.2) is 0 Å². The maximum Gasteiger partial charge on any atom is 0.195 e. The number of hydrogen-bond acceptors (Lipinski definition) is 3. The molecule has 1 aliphatic carbocycles. The lowest BCUT2D eigenvalue weighted by atomic mass is 10.3. The third kappa shape index (κ3) is 5.61. The van der Waals surface area contributed by atoms with Crippen molar-refractivity contribution in [1.29, 1.82) is 0 Å². The average molecular weight is 405 g/mol. The van der Waals surface area contributed by atoms with Crippen LogP contribution in [-0.4, -0.2) is 33.3 Å². The monoisotopic (exact) mass is 405 g/mol. The van der Waals surface area contributed by atoms with Gasteiger partial charge in [-0.05, 0) is 37.8 Å². The van der Waals surface area contributed by atoms with E-state index in [-0.39, 0.29) is 24.0 Å². The minimum Gasteiger partial charge on any atom is -0.493 e. The van der Waals surface area contributed by atoms with Gasteiger partial charge >= 0.3 is 0 Å². The molecule has 0 atom stereocenters. The van der Waals surface area contributed by atoms with Crippen LogP contribution in [0.4, 0.5) is 5.69 Å². The van der Waals surface area contributed by atoms with Crippen LogP contribution in [0.5, 0.6) is 11.5 Å².